The van der Waals surface area contributed by atoms with Gasteiger partial charge in [0.1, 0.15) is 22.6 Å². The van der Waals surface area contributed by atoms with Gasteiger partial charge >= 0.3 is 0 Å². The summed E-state index contributed by atoms with van der Waals surface area (Å²) in [6.45, 7) is 0.950. The molecule has 0 bridgehead atoms. The summed E-state index contributed by atoms with van der Waals surface area (Å²) in [4.78, 5) is 19.8. The smallest absolute Gasteiger partial charge is 0.261 e. The minimum atomic E-state index is -0.427. The molecule has 1 aliphatic rings. The number of anilines is 1. The summed E-state index contributed by atoms with van der Waals surface area (Å²) < 4.78 is 26.9. The largest absolute Gasteiger partial charge is 0.494 e. The van der Waals surface area contributed by atoms with Crippen molar-refractivity contribution in [1.82, 2.24) is 19.7 Å². The van der Waals surface area contributed by atoms with Crippen LogP contribution in [-0.2, 0) is 11.8 Å². The predicted octanol–water partition coefficient (Wildman–Crippen LogP) is 2.50. The average molecular weight is 371 g/mol. The number of carbonyl (C=O) groups excluding carboxylic acids is 1. The minimum Gasteiger partial charge on any atom is -0.494 e. The van der Waals surface area contributed by atoms with Gasteiger partial charge in [0.05, 0.1) is 32.1 Å². The van der Waals surface area contributed by atoms with Gasteiger partial charge in [0, 0.05) is 24.9 Å². The molecule has 0 aliphatic carbocycles. The van der Waals surface area contributed by atoms with Gasteiger partial charge in [-0.2, -0.15) is 5.10 Å². The van der Waals surface area contributed by atoms with Crippen molar-refractivity contribution < 1.29 is 18.7 Å². The Hall–Kier alpha value is -3.20. The second-order valence-electron chi connectivity index (χ2n) is 6.16. The van der Waals surface area contributed by atoms with Crippen LogP contribution in [0.4, 0.5) is 10.3 Å². The Bertz CT molecular complexity index is 1050. The Kier molecular flexibility index (Phi) is 4.36. The van der Waals surface area contributed by atoms with Gasteiger partial charge in [-0.3, -0.25) is 14.8 Å². The monoisotopic (exact) mass is 371 g/mol. The van der Waals surface area contributed by atoms with Crippen LogP contribution in [0.5, 0.6) is 5.75 Å². The van der Waals surface area contributed by atoms with Crippen molar-refractivity contribution in [1.29, 1.82) is 0 Å². The number of rotatable bonds is 4. The molecule has 1 aromatic carbocycles. The molecule has 0 unspecified atom stereocenters. The van der Waals surface area contributed by atoms with E-state index in [0.29, 0.717) is 47.5 Å². The van der Waals surface area contributed by atoms with Crippen LogP contribution in [0.15, 0.2) is 24.5 Å². The summed E-state index contributed by atoms with van der Waals surface area (Å²) >= 11 is 0. The molecule has 0 saturated carbocycles. The maximum absolute atomic E-state index is 14.8. The summed E-state index contributed by atoms with van der Waals surface area (Å²) in [6, 6.07) is 1.32. The van der Waals surface area contributed by atoms with Crippen LogP contribution in [0.2, 0.25) is 0 Å². The lowest BCUT2D eigenvalue weighted by Gasteiger charge is -2.15. The zero-order valence-corrected chi connectivity index (χ0v) is 14.9. The van der Waals surface area contributed by atoms with Gasteiger partial charge in [-0.15, -0.1) is 0 Å². The third kappa shape index (κ3) is 3.17. The third-order valence-corrected chi connectivity index (χ3v) is 4.39. The Morgan fingerprint density at radius 3 is 3.00 bits per heavy atom. The number of carbonyl (C=O) groups is 1. The van der Waals surface area contributed by atoms with E-state index >= 15 is 0 Å². The molecule has 0 atom stereocenters. The lowest BCUT2D eigenvalue weighted by molar-refractivity contribution is 0.102. The molecule has 3 heterocycles. The molecule has 0 spiro atoms. The van der Waals surface area contributed by atoms with Crippen LogP contribution in [0, 0.1) is 5.82 Å². The average Bonchev–Trinajstić information content (AvgIpc) is 3.28. The van der Waals surface area contributed by atoms with Crippen molar-refractivity contribution in [3.8, 4) is 5.75 Å². The van der Waals surface area contributed by atoms with Crippen molar-refractivity contribution in [3.05, 3.63) is 41.5 Å². The van der Waals surface area contributed by atoms with E-state index in [1.54, 1.807) is 13.2 Å². The quantitative estimate of drug-likeness (QED) is 0.735. The Labute approximate surface area is 154 Å². The number of halogens is 1. The van der Waals surface area contributed by atoms with Gasteiger partial charge in [0.2, 0.25) is 5.95 Å². The molecule has 27 heavy (non-hydrogen) atoms. The molecular formula is C18H18FN5O3. The van der Waals surface area contributed by atoms with E-state index in [2.05, 4.69) is 20.4 Å². The maximum Gasteiger partial charge on any atom is 0.261 e. The summed E-state index contributed by atoms with van der Waals surface area (Å²) in [5, 5.41) is 6.65. The number of benzene rings is 1. The number of methoxy groups -OCH3 is 1. The van der Waals surface area contributed by atoms with E-state index in [0.717, 1.165) is 5.57 Å². The second-order valence-corrected chi connectivity index (χ2v) is 6.16. The first kappa shape index (κ1) is 17.2. The summed E-state index contributed by atoms with van der Waals surface area (Å²) in [6.07, 6.45) is 5.48. The van der Waals surface area contributed by atoms with Crippen LogP contribution >= 0.6 is 0 Å². The standard InChI is InChI=1S/C18H18FN5O3/c1-24-9-11(8-20-24)17(25)23-18-21-15-13(26-2)7-12(19)14(16(15)22-18)10-3-5-27-6-4-10/h3,7-9H,4-6H2,1-2H3,(H2,21,22,23,25). The first-order valence-electron chi connectivity index (χ1n) is 8.40. The lowest BCUT2D eigenvalue weighted by atomic mass is 9.99. The fraction of sp³-hybridized carbons (Fsp3) is 0.278. The summed E-state index contributed by atoms with van der Waals surface area (Å²) in [5.74, 6) is -0.275. The number of amides is 1. The van der Waals surface area contributed by atoms with E-state index in [9.17, 15) is 9.18 Å². The highest BCUT2D eigenvalue weighted by Crippen LogP contribution is 2.36. The van der Waals surface area contributed by atoms with Crippen molar-refractivity contribution in [2.45, 2.75) is 6.42 Å². The summed E-state index contributed by atoms with van der Waals surface area (Å²) in [5.41, 5.74) is 2.53. The maximum atomic E-state index is 14.8. The molecule has 2 N–H and O–H groups in total. The number of hydrogen-bond acceptors (Lipinski definition) is 5. The van der Waals surface area contributed by atoms with Crippen molar-refractivity contribution in [2.75, 3.05) is 25.6 Å². The molecule has 1 aliphatic heterocycles. The van der Waals surface area contributed by atoms with E-state index in [4.69, 9.17) is 9.47 Å². The molecule has 4 rings (SSSR count). The number of nitrogens with zero attached hydrogens (tertiary/aromatic N) is 3. The molecule has 1 amide bonds. The molecule has 140 valence electrons. The second kappa shape index (κ2) is 6.84. The Balaban J connectivity index is 1.77. The number of H-pyrrole nitrogens is 1. The van der Waals surface area contributed by atoms with E-state index in [1.165, 1.54) is 24.1 Å². The molecule has 3 aromatic rings. The van der Waals surface area contributed by atoms with E-state index in [-0.39, 0.29) is 11.9 Å². The number of aromatic amines is 1. The SMILES string of the molecule is COc1cc(F)c(C2=CCOCC2)c2nc(NC(=O)c3cnn(C)c3)[nH]c12. The number of aromatic nitrogens is 4. The van der Waals surface area contributed by atoms with Gasteiger partial charge in [-0.25, -0.2) is 9.37 Å². The number of imidazole rings is 1. The number of aryl methyl sites for hydroxylation is 1. The van der Waals surface area contributed by atoms with Crippen molar-refractivity contribution in [3.63, 3.8) is 0 Å². The normalized spacial score (nSPS) is 14.3. The zero-order valence-electron chi connectivity index (χ0n) is 14.9. The highest BCUT2D eigenvalue weighted by Gasteiger charge is 2.22. The molecule has 8 nitrogen and oxygen atoms in total. The number of nitrogens with one attached hydrogen (secondary N) is 2. The number of hydrogen-bond donors (Lipinski definition) is 2. The first-order chi connectivity index (χ1) is 13.1. The highest BCUT2D eigenvalue weighted by atomic mass is 19.1. The van der Waals surface area contributed by atoms with Crippen LogP contribution in [0.1, 0.15) is 22.3 Å². The lowest BCUT2D eigenvalue weighted by Crippen LogP contribution is -2.12. The fourth-order valence-corrected chi connectivity index (χ4v) is 3.10. The van der Waals surface area contributed by atoms with Crippen molar-refractivity contribution in [2.24, 2.45) is 7.05 Å². The van der Waals surface area contributed by atoms with Gasteiger partial charge in [-0.1, -0.05) is 6.08 Å². The molecule has 0 radical (unpaired) electrons. The fourth-order valence-electron chi connectivity index (χ4n) is 3.10. The van der Waals surface area contributed by atoms with Crippen LogP contribution in [-0.4, -0.2) is 46.0 Å². The third-order valence-electron chi connectivity index (χ3n) is 4.39. The molecule has 2 aromatic heterocycles. The molecular weight excluding hydrogens is 353 g/mol. The molecule has 9 heteroatoms. The summed E-state index contributed by atoms with van der Waals surface area (Å²) in [7, 11) is 3.18. The van der Waals surface area contributed by atoms with Crippen LogP contribution < -0.4 is 10.1 Å². The van der Waals surface area contributed by atoms with E-state index in [1.807, 2.05) is 6.08 Å². The van der Waals surface area contributed by atoms with Gasteiger partial charge in [0.25, 0.3) is 5.91 Å². The number of fused-ring (bicyclic) bond motifs is 1. The van der Waals surface area contributed by atoms with Gasteiger partial charge in [-0.05, 0) is 12.0 Å². The Morgan fingerprint density at radius 1 is 1.48 bits per heavy atom. The minimum absolute atomic E-state index is 0.205. The zero-order chi connectivity index (χ0) is 19.0. The van der Waals surface area contributed by atoms with E-state index < -0.39 is 5.82 Å². The van der Waals surface area contributed by atoms with Gasteiger partial charge in [0.15, 0.2) is 0 Å². The first-order valence-corrected chi connectivity index (χ1v) is 8.40. The topological polar surface area (TPSA) is 94.1 Å². The molecule has 0 saturated heterocycles. The van der Waals surface area contributed by atoms with Crippen LogP contribution in [0.25, 0.3) is 16.6 Å². The van der Waals surface area contributed by atoms with Crippen LogP contribution in [0.3, 0.4) is 0 Å². The van der Waals surface area contributed by atoms with Gasteiger partial charge < -0.3 is 14.5 Å². The Morgan fingerprint density at radius 2 is 2.33 bits per heavy atom. The molecule has 0 fully saturated rings. The van der Waals surface area contributed by atoms with Crippen molar-refractivity contribution >= 4 is 28.5 Å². The predicted molar refractivity (Wildman–Crippen MR) is 97.2 cm³/mol. The number of ether oxygens (including phenoxy) is 2. The highest BCUT2D eigenvalue weighted by molar-refractivity contribution is 6.04.